The van der Waals surface area contributed by atoms with Crippen molar-refractivity contribution in [3.63, 3.8) is 0 Å². The molecule has 1 aliphatic rings. The quantitative estimate of drug-likeness (QED) is 0.433. The number of cyclic esters (lactones) is 1. The summed E-state index contributed by atoms with van der Waals surface area (Å²) in [6.07, 6.45) is -1.86. The Morgan fingerprint density at radius 1 is 1.27 bits per heavy atom. The highest BCUT2D eigenvalue weighted by Gasteiger charge is 2.36. The van der Waals surface area contributed by atoms with Crippen molar-refractivity contribution in [2.45, 2.75) is 19.1 Å². The number of esters is 1. The summed E-state index contributed by atoms with van der Waals surface area (Å²) in [6.45, 7) is 1.51. The number of aliphatic hydroxyl groups is 1. The Bertz CT molecular complexity index is 426. The molecule has 1 aliphatic heterocycles. The summed E-state index contributed by atoms with van der Waals surface area (Å²) in [5.41, 5.74) is -0.139. The van der Waals surface area contributed by atoms with Gasteiger partial charge in [-0.25, -0.2) is 4.79 Å². The van der Waals surface area contributed by atoms with Gasteiger partial charge in [0.1, 0.15) is 29.3 Å². The van der Waals surface area contributed by atoms with Gasteiger partial charge in [0, 0.05) is 5.56 Å². The minimum absolute atomic E-state index is 0.0266. The molecule has 0 fully saturated rings. The number of benzene rings is 1. The predicted molar refractivity (Wildman–Crippen MR) is 49.6 cm³/mol. The molecule has 0 amide bonds. The molecular weight excluding hydrogens is 200 g/mol. The number of phenols is 2. The number of aliphatic hydroxyl groups excluding tert-OH is 1. The molecule has 15 heavy (non-hydrogen) atoms. The summed E-state index contributed by atoms with van der Waals surface area (Å²) in [5, 5.41) is 28.6. The molecule has 0 saturated carbocycles. The molecule has 0 radical (unpaired) electrons. The summed E-state index contributed by atoms with van der Waals surface area (Å²) in [7, 11) is 0. The van der Waals surface area contributed by atoms with Crippen molar-refractivity contribution in [3.8, 4) is 11.5 Å². The molecular formula is C10H10O5. The van der Waals surface area contributed by atoms with E-state index in [-0.39, 0.29) is 22.6 Å². The van der Waals surface area contributed by atoms with E-state index in [2.05, 4.69) is 0 Å². The Labute approximate surface area is 85.5 Å². The Morgan fingerprint density at radius 3 is 2.53 bits per heavy atom. The van der Waals surface area contributed by atoms with Crippen LogP contribution < -0.4 is 0 Å². The SMILES string of the molecule is C[C@@H]1OC(=O)c2c(O)ccc(O)c2[C@@H]1O. The standard InChI is InChI=1S/C10H10O5/c1-4-9(13)7-5(11)2-3-6(12)8(7)10(14)15-4/h2-4,9,11-13H,1H3/t4-,9+/m0/s1. The van der Waals surface area contributed by atoms with Crippen LogP contribution in [0.1, 0.15) is 28.9 Å². The van der Waals surface area contributed by atoms with Crippen LogP contribution in [-0.2, 0) is 4.74 Å². The molecule has 0 saturated heterocycles. The number of ether oxygens (including phenoxy) is 1. The van der Waals surface area contributed by atoms with E-state index in [1.165, 1.54) is 19.1 Å². The lowest BCUT2D eigenvalue weighted by Gasteiger charge is -2.27. The molecule has 2 atom stereocenters. The van der Waals surface area contributed by atoms with Gasteiger partial charge in [0.2, 0.25) is 0 Å². The van der Waals surface area contributed by atoms with Crippen molar-refractivity contribution >= 4 is 5.97 Å². The number of aromatic hydroxyl groups is 2. The first-order valence-electron chi connectivity index (χ1n) is 4.46. The molecule has 5 heteroatoms. The van der Waals surface area contributed by atoms with E-state index < -0.39 is 18.2 Å². The maximum atomic E-state index is 11.4. The Kier molecular flexibility index (Phi) is 2.04. The second kappa shape index (κ2) is 3.13. The molecule has 5 nitrogen and oxygen atoms in total. The zero-order valence-corrected chi connectivity index (χ0v) is 7.97. The van der Waals surface area contributed by atoms with Crippen LogP contribution in [0.4, 0.5) is 0 Å². The van der Waals surface area contributed by atoms with Crippen LogP contribution in [0.15, 0.2) is 12.1 Å². The average Bonchev–Trinajstić information content (AvgIpc) is 2.18. The van der Waals surface area contributed by atoms with Crippen molar-refractivity contribution in [1.29, 1.82) is 0 Å². The zero-order chi connectivity index (χ0) is 11.2. The molecule has 1 aromatic rings. The van der Waals surface area contributed by atoms with Crippen LogP contribution in [-0.4, -0.2) is 27.4 Å². The van der Waals surface area contributed by atoms with E-state index in [1.54, 1.807) is 0 Å². The lowest BCUT2D eigenvalue weighted by molar-refractivity contribution is -0.0225. The van der Waals surface area contributed by atoms with Crippen molar-refractivity contribution in [2.75, 3.05) is 0 Å². The van der Waals surface area contributed by atoms with E-state index >= 15 is 0 Å². The van der Waals surface area contributed by atoms with Crippen LogP contribution in [0.25, 0.3) is 0 Å². The number of rotatable bonds is 0. The first-order chi connectivity index (χ1) is 7.02. The summed E-state index contributed by atoms with van der Waals surface area (Å²) in [4.78, 5) is 11.4. The monoisotopic (exact) mass is 210 g/mol. The van der Waals surface area contributed by atoms with E-state index in [0.29, 0.717) is 0 Å². The van der Waals surface area contributed by atoms with Crippen LogP contribution in [0.3, 0.4) is 0 Å². The van der Waals surface area contributed by atoms with Crippen LogP contribution in [0.2, 0.25) is 0 Å². The molecule has 0 aliphatic carbocycles. The van der Waals surface area contributed by atoms with Gasteiger partial charge in [0.15, 0.2) is 0 Å². The van der Waals surface area contributed by atoms with E-state index in [9.17, 15) is 20.1 Å². The third-order valence-corrected chi connectivity index (χ3v) is 2.44. The maximum Gasteiger partial charge on any atom is 0.342 e. The van der Waals surface area contributed by atoms with Crippen LogP contribution in [0.5, 0.6) is 11.5 Å². The third-order valence-electron chi connectivity index (χ3n) is 2.44. The van der Waals surface area contributed by atoms with Crippen molar-refractivity contribution in [3.05, 3.63) is 23.3 Å². The number of fused-ring (bicyclic) bond motifs is 1. The van der Waals surface area contributed by atoms with Gasteiger partial charge >= 0.3 is 5.97 Å². The Hall–Kier alpha value is -1.75. The average molecular weight is 210 g/mol. The van der Waals surface area contributed by atoms with Crippen molar-refractivity contribution < 1.29 is 24.9 Å². The predicted octanol–water partition coefficient (Wildman–Crippen LogP) is 0.690. The molecule has 3 N–H and O–H groups in total. The lowest BCUT2D eigenvalue weighted by atomic mass is 9.94. The molecule has 0 unspecified atom stereocenters. The molecule has 80 valence electrons. The number of hydrogen-bond donors (Lipinski definition) is 3. The summed E-state index contributed by atoms with van der Waals surface area (Å²) in [6, 6.07) is 2.40. The fourth-order valence-electron chi connectivity index (χ4n) is 1.64. The molecule has 2 rings (SSSR count). The van der Waals surface area contributed by atoms with E-state index in [1.807, 2.05) is 0 Å². The normalized spacial score (nSPS) is 24.5. The summed E-state index contributed by atoms with van der Waals surface area (Å²) >= 11 is 0. The highest BCUT2D eigenvalue weighted by atomic mass is 16.6. The molecule has 1 aromatic carbocycles. The topological polar surface area (TPSA) is 87.0 Å². The number of carbonyl (C=O) groups excluding carboxylic acids is 1. The van der Waals surface area contributed by atoms with Gasteiger partial charge in [-0.15, -0.1) is 0 Å². The van der Waals surface area contributed by atoms with Gasteiger partial charge in [-0.1, -0.05) is 0 Å². The molecule has 0 spiro atoms. The highest BCUT2D eigenvalue weighted by Crippen LogP contribution is 2.39. The van der Waals surface area contributed by atoms with Crippen molar-refractivity contribution in [2.24, 2.45) is 0 Å². The second-order valence-corrected chi connectivity index (χ2v) is 3.45. The highest BCUT2D eigenvalue weighted by molar-refractivity contribution is 5.96. The third kappa shape index (κ3) is 1.32. The van der Waals surface area contributed by atoms with Crippen molar-refractivity contribution in [1.82, 2.24) is 0 Å². The number of carbonyl (C=O) groups is 1. The fourth-order valence-corrected chi connectivity index (χ4v) is 1.64. The molecule has 0 bridgehead atoms. The molecule has 0 aromatic heterocycles. The van der Waals surface area contributed by atoms with Gasteiger partial charge < -0.3 is 20.1 Å². The van der Waals surface area contributed by atoms with E-state index in [0.717, 1.165) is 0 Å². The van der Waals surface area contributed by atoms with Gasteiger partial charge in [-0.05, 0) is 19.1 Å². The van der Waals surface area contributed by atoms with E-state index in [4.69, 9.17) is 4.74 Å². The van der Waals surface area contributed by atoms with Crippen LogP contribution in [0, 0.1) is 0 Å². The van der Waals surface area contributed by atoms with Gasteiger partial charge in [-0.2, -0.15) is 0 Å². The summed E-state index contributed by atoms with van der Waals surface area (Å²) < 4.78 is 4.80. The zero-order valence-electron chi connectivity index (χ0n) is 7.97. The largest absolute Gasteiger partial charge is 0.508 e. The smallest absolute Gasteiger partial charge is 0.342 e. The van der Waals surface area contributed by atoms with Gasteiger partial charge in [0.05, 0.1) is 0 Å². The van der Waals surface area contributed by atoms with Gasteiger partial charge in [-0.3, -0.25) is 0 Å². The fraction of sp³-hybridized carbons (Fsp3) is 0.300. The minimum atomic E-state index is -1.12. The number of hydrogen-bond acceptors (Lipinski definition) is 5. The minimum Gasteiger partial charge on any atom is -0.508 e. The lowest BCUT2D eigenvalue weighted by Crippen LogP contribution is -2.30. The number of phenolic OH excluding ortho intramolecular Hbond substituents is 2. The first-order valence-corrected chi connectivity index (χ1v) is 4.46. The maximum absolute atomic E-state index is 11.4. The van der Waals surface area contributed by atoms with Crippen LogP contribution >= 0.6 is 0 Å². The molecule has 1 heterocycles. The van der Waals surface area contributed by atoms with Gasteiger partial charge in [0.25, 0.3) is 0 Å². The Morgan fingerprint density at radius 2 is 1.87 bits per heavy atom. The first kappa shape index (κ1) is 9.79. The Balaban J connectivity index is 2.70. The summed E-state index contributed by atoms with van der Waals surface area (Å²) in [5.74, 6) is -1.27. The second-order valence-electron chi connectivity index (χ2n) is 3.45.